The first-order chi connectivity index (χ1) is 8.78. The Kier molecular flexibility index (Phi) is 4.17. The maximum Gasteiger partial charge on any atom is 0.0314 e. The molecule has 1 aliphatic rings. The van der Waals surface area contributed by atoms with Crippen LogP contribution in [-0.2, 0) is 5.41 Å². The fourth-order valence-corrected chi connectivity index (χ4v) is 4.01. The van der Waals surface area contributed by atoms with Crippen molar-refractivity contribution in [2.75, 3.05) is 31.1 Å². The Morgan fingerprint density at radius 2 is 1.89 bits per heavy atom. The first kappa shape index (κ1) is 14.7. The summed E-state index contributed by atoms with van der Waals surface area (Å²) in [6.45, 7) is 12.8. The summed E-state index contributed by atoms with van der Waals surface area (Å²) in [7, 11) is 0. The zero-order valence-corrected chi connectivity index (χ0v) is 13.4. The van der Waals surface area contributed by atoms with Gasteiger partial charge in [-0.25, -0.2) is 0 Å². The largest absolute Gasteiger partial charge is 0.399 e. The second kappa shape index (κ2) is 5.37. The molecule has 1 heterocycles. The minimum atomic E-state index is 0.172. The summed E-state index contributed by atoms with van der Waals surface area (Å²) < 4.78 is 0.384. The molecule has 0 aliphatic carbocycles. The quantitative estimate of drug-likeness (QED) is 0.860. The molecule has 2 N–H and O–H groups in total. The van der Waals surface area contributed by atoms with Gasteiger partial charge in [0.25, 0.3) is 0 Å². The Morgan fingerprint density at radius 1 is 1.26 bits per heavy atom. The van der Waals surface area contributed by atoms with Crippen molar-refractivity contribution in [1.29, 1.82) is 0 Å². The fourth-order valence-electron chi connectivity index (χ4n) is 2.83. The van der Waals surface area contributed by atoms with Crippen LogP contribution in [0.3, 0.4) is 0 Å². The summed E-state index contributed by atoms with van der Waals surface area (Å²) >= 11 is 2.09. The number of thioether (sulfide) groups is 1. The standard InChI is InChI=1S/C16H26N2S/c1-15(2,13-5-7-14(17)8-6-13)11-18-9-10-19-16(3,4)12-18/h5-8H,9-12,17H2,1-4H3. The van der Waals surface area contributed by atoms with Gasteiger partial charge in [0.15, 0.2) is 0 Å². The van der Waals surface area contributed by atoms with E-state index in [4.69, 9.17) is 5.73 Å². The van der Waals surface area contributed by atoms with E-state index in [-0.39, 0.29) is 5.41 Å². The third kappa shape index (κ3) is 3.90. The molecular weight excluding hydrogens is 252 g/mol. The summed E-state index contributed by atoms with van der Waals surface area (Å²) in [6, 6.07) is 8.35. The summed E-state index contributed by atoms with van der Waals surface area (Å²) in [5, 5.41) is 0. The number of nitrogen functional groups attached to an aromatic ring is 1. The molecule has 2 rings (SSSR count). The highest BCUT2D eigenvalue weighted by Crippen LogP contribution is 2.32. The molecule has 0 unspecified atom stereocenters. The molecule has 1 aromatic rings. The maximum atomic E-state index is 5.78. The van der Waals surface area contributed by atoms with Crippen LogP contribution in [0.5, 0.6) is 0 Å². The molecule has 0 spiro atoms. The second-order valence-electron chi connectivity index (χ2n) is 6.82. The van der Waals surface area contributed by atoms with Crippen molar-refractivity contribution in [3.63, 3.8) is 0 Å². The second-order valence-corrected chi connectivity index (χ2v) is 8.63. The minimum Gasteiger partial charge on any atom is -0.399 e. The number of rotatable bonds is 3. The molecule has 1 aliphatic heterocycles. The van der Waals surface area contributed by atoms with E-state index in [9.17, 15) is 0 Å². The van der Waals surface area contributed by atoms with Gasteiger partial charge in [-0.2, -0.15) is 11.8 Å². The van der Waals surface area contributed by atoms with Crippen LogP contribution in [0.2, 0.25) is 0 Å². The van der Waals surface area contributed by atoms with Gasteiger partial charge in [0.1, 0.15) is 0 Å². The smallest absolute Gasteiger partial charge is 0.0314 e. The van der Waals surface area contributed by atoms with E-state index < -0.39 is 0 Å². The van der Waals surface area contributed by atoms with E-state index in [1.807, 2.05) is 12.1 Å². The maximum absolute atomic E-state index is 5.78. The van der Waals surface area contributed by atoms with Crippen LogP contribution in [0.1, 0.15) is 33.3 Å². The molecule has 106 valence electrons. The van der Waals surface area contributed by atoms with Crippen molar-refractivity contribution in [2.45, 2.75) is 37.9 Å². The average molecular weight is 278 g/mol. The number of hydrogen-bond donors (Lipinski definition) is 1. The van der Waals surface area contributed by atoms with Gasteiger partial charge in [0.2, 0.25) is 0 Å². The zero-order valence-electron chi connectivity index (χ0n) is 12.6. The van der Waals surface area contributed by atoms with Crippen molar-refractivity contribution in [1.82, 2.24) is 4.90 Å². The number of benzene rings is 1. The Balaban J connectivity index is 2.06. The number of nitrogens with zero attached hydrogens (tertiary/aromatic N) is 1. The highest BCUT2D eigenvalue weighted by Gasteiger charge is 2.31. The zero-order chi connectivity index (χ0) is 14.1. The first-order valence-corrected chi connectivity index (χ1v) is 7.99. The predicted octanol–water partition coefficient (Wildman–Crippen LogP) is 3.37. The molecule has 1 aromatic carbocycles. The molecule has 19 heavy (non-hydrogen) atoms. The van der Waals surface area contributed by atoms with Gasteiger partial charge in [-0.3, -0.25) is 0 Å². The third-order valence-corrected chi connectivity index (χ3v) is 5.11. The van der Waals surface area contributed by atoms with Gasteiger partial charge < -0.3 is 10.6 Å². The topological polar surface area (TPSA) is 29.3 Å². The highest BCUT2D eigenvalue weighted by atomic mass is 32.2. The normalized spacial score (nSPS) is 20.4. The molecule has 0 aromatic heterocycles. The molecule has 3 heteroatoms. The Labute approximate surface area is 121 Å². The van der Waals surface area contributed by atoms with Crippen LogP contribution in [-0.4, -0.2) is 35.0 Å². The lowest BCUT2D eigenvalue weighted by Gasteiger charge is -2.41. The van der Waals surface area contributed by atoms with Crippen LogP contribution in [0.15, 0.2) is 24.3 Å². The van der Waals surface area contributed by atoms with E-state index in [0.717, 1.165) is 12.2 Å². The van der Waals surface area contributed by atoms with E-state index in [0.29, 0.717) is 4.75 Å². The van der Waals surface area contributed by atoms with Crippen LogP contribution >= 0.6 is 11.8 Å². The minimum absolute atomic E-state index is 0.172. The van der Waals surface area contributed by atoms with E-state index in [1.54, 1.807) is 0 Å². The third-order valence-electron chi connectivity index (χ3n) is 3.82. The average Bonchev–Trinajstić information content (AvgIpc) is 2.27. The van der Waals surface area contributed by atoms with Crippen LogP contribution in [0, 0.1) is 0 Å². The van der Waals surface area contributed by atoms with Gasteiger partial charge in [0, 0.05) is 41.2 Å². The van der Waals surface area contributed by atoms with Crippen LogP contribution < -0.4 is 5.73 Å². The molecule has 1 fully saturated rings. The fraction of sp³-hybridized carbons (Fsp3) is 0.625. The van der Waals surface area contributed by atoms with Gasteiger partial charge in [-0.1, -0.05) is 26.0 Å². The monoisotopic (exact) mass is 278 g/mol. The van der Waals surface area contributed by atoms with Gasteiger partial charge in [-0.15, -0.1) is 0 Å². The Morgan fingerprint density at radius 3 is 2.47 bits per heavy atom. The Bertz CT molecular complexity index is 423. The number of nitrogens with two attached hydrogens (primary N) is 1. The van der Waals surface area contributed by atoms with E-state index in [2.05, 4.69) is 56.5 Å². The molecule has 0 saturated carbocycles. The predicted molar refractivity (Wildman–Crippen MR) is 86.9 cm³/mol. The number of hydrogen-bond acceptors (Lipinski definition) is 3. The SMILES string of the molecule is CC1(C)CN(CC(C)(C)c2ccc(N)cc2)CCS1. The lowest BCUT2D eigenvalue weighted by atomic mass is 9.84. The molecular formula is C16H26N2S. The first-order valence-electron chi connectivity index (χ1n) is 7.01. The van der Waals surface area contributed by atoms with Gasteiger partial charge in [0.05, 0.1) is 0 Å². The van der Waals surface area contributed by atoms with Crippen molar-refractivity contribution >= 4 is 17.4 Å². The molecule has 0 atom stereocenters. The van der Waals surface area contributed by atoms with Crippen molar-refractivity contribution in [3.05, 3.63) is 29.8 Å². The molecule has 0 bridgehead atoms. The van der Waals surface area contributed by atoms with Crippen molar-refractivity contribution < 1.29 is 0 Å². The van der Waals surface area contributed by atoms with E-state index in [1.165, 1.54) is 24.4 Å². The van der Waals surface area contributed by atoms with Crippen molar-refractivity contribution in [3.8, 4) is 0 Å². The number of anilines is 1. The van der Waals surface area contributed by atoms with Crippen LogP contribution in [0.4, 0.5) is 5.69 Å². The molecule has 1 saturated heterocycles. The lowest BCUT2D eigenvalue weighted by Crippen LogP contribution is -2.47. The molecule has 0 radical (unpaired) electrons. The summed E-state index contributed by atoms with van der Waals surface area (Å²) in [5.41, 5.74) is 8.16. The van der Waals surface area contributed by atoms with Crippen molar-refractivity contribution in [2.24, 2.45) is 0 Å². The van der Waals surface area contributed by atoms with E-state index >= 15 is 0 Å². The van der Waals surface area contributed by atoms with Crippen LogP contribution in [0.25, 0.3) is 0 Å². The lowest BCUT2D eigenvalue weighted by molar-refractivity contribution is 0.214. The highest BCUT2D eigenvalue weighted by molar-refractivity contribution is 8.00. The summed E-state index contributed by atoms with van der Waals surface area (Å²) in [5.74, 6) is 1.24. The summed E-state index contributed by atoms with van der Waals surface area (Å²) in [4.78, 5) is 2.60. The summed E-state index contributed by atoms with van der Waals surface area (Å²) in [6.07, 6.45) is 0. The molecule has 0 amide bonds. The van der Waals surface area contributed by atoms with Gasteiger partial charge in [-0.05, 0) is 31.5 Å². The molecule has 2 nitrogen and oxygen atoms in total. The Hall–Kier alpha value is -0.670. The van der Waals surface area contributed by atoms with Gasteiger partial charge >= 0.3 is 0 Å².